The molecule has 2 aromatic heterocycles. The van der Waals surface area contributed by atoms with Gasteiger partial charge in [-0.05, 0) is 53.5 Å². The van der Waals surface area contributed by atoms with Crippen molar-refractivity contribution in [3.05, 3.63) is 59.3 Å². The predicted molar refractivity (Wildman–Crippen MR) is 118 cm³/mol. The first-order valence-electron chi connectivity index (χ1n) is 11.5. The number of alkyl halides is 3. The summed E-state index contributed by atoms with van der Waals surface area (Å²) in [5.74, 6) is -3.02. The largest absolute Gasteiger partial charge is 0.481 e. The zero-order valence-electron chi connectivity index (χ0n) is 19.9. The molecule has 1 aliphatic heterocycles. The summed E-state index contributed by atoms with van der Waals surface area (Å²) in [6.45, 7) is 0.217. The van der Waals surface area contributed by atoms with Crippen molar-refractivity contribution in [1.82, 2.24) is 25.2 Å². The van der Waals surface area contributed by atoms with E-state index in [9.17, 15) is 22.4 Å². The molecule has 37 heavy (non-hydrogen) atoms. The van der Waals surface area contributed by atoms with Crippen molar-refractivity contribution in [2.45, 2.75) is 42.9 Å². The minimum absolute atomic E-state index is 0.0167. The predicted octanol–water partition coefficient (Wildman–Crippen LogP) is 3.83. The fraction of sp³-hybridized carbons (Fsp3) is 0.458. The lowest BCUT2D eigenvalue weighted by atomic mass is 9.76. The Morgan fingerprint density at radius 1 is 1.22 bits per heavy atom. The first-order chi connectivity index (χ1) is 17.7. The van der Waals surface area contributed by atoms with Gasteiger partial charge in [0.05, 0.1) is 44.2 Å². The summed E-state index contributed by atoms with van der Waals surface area (Å²) in [6, 6.07) is 7.45. The van der Waals surface area contributed by atoms with Crippen molar-refractivity contribution in [3.63, 3.8) is 0 Å². The van der Waals surface area contributed by atoms with Gasteiger partial charge in [-0.1, -0.05) is 12.1 Å². The highest BCUT2D eigenvalue weighted by molar-refractivity contribution is 5.74. The van der Waals surface area contributed by atoms with Crippen LogP contribution >= 0.6 is 0 Å². The van der Waals surface area contributed by atoms with E-state index in [0.717, 1.165) is 5.56 Å². The summed E-state index contributed by atoms with van der Waals surface area (Å²) in [5, 5.41) is 9.75. The quantitative estimate of drug-likeness (QED) is 0.369. The normalized spacial score (nSPS) is 25.5. The molecule has 2 fully saturated rings. The summed E-state index contributed by atoms with van der Waals surface area (Å²) >= 11 is 0. The number of pyridine rings is 1. The number of rotatable bonds is 5. The van der Waals surface area contributed by atoms with E-state index in [1.165, 1.54) is 38.6 Å². The summed E-state index contributed by atoms with van der Waals surface area (Å²) < 4.78 is 71.2. The Balaban J connectivity index is 1.51. The van der Waals surface area contributed by atoms with Gasteiger partial charge in [0.15, 0.2) is 0 Å². The monoisotopic (exact) mass is 521 g/mol. The van der Waals surface area contributed by atoms with Crippen LogP contribution < -0.4 is 4.74 Å². The number of carbonyl (C=O) groups is 1. The molecule has 2 aliphatic rings. The highest BCUT2D eigenvalue weighted by atomic mass is 19.4. The number of aromatic nitrogens is 5. The van der Waals surface area contributed by atoms with Gasteiger partial charge in [0.25, 0.3) is 5.82 Å². The fourth-order valence-corrected chi connectivity index (χ4v) is 5.67. The number of carbonyl (C=O) groups excluding carboxylic acids is 1. The molecule has 0 radical (unpaired) electrons. The van der Waals surface area contributed by atoms with Crippen LogP contribution in [0.1, 0.15) is 48.0 Å². The Bertz CT molecular complexity index is 1300. The van der Waals surface area contributed by atoms with E-state index < -0.39 is 35.3 Å². The molecule has 5 rings (SSSR count). The second-order valence-corrected chi connectivity index (χ2v) is 9.18. The zero-order chi connectivity index (χ0) is 26.4. The number of benzene rings is 1. The molecule has 9 nitrogen and oxygen atoms in total. The van der Waals surface area contributed by atoms with Crippen LogP contribution in [0.15, 0.2) is 36.5 Å². The minimum Gasteiger partial charge on any atom is -0.481 e. The van der Waals surface area contributed by atoms with Gasteiger partial charge in [-0.2, -0.15) is 17.9 Å². The number of esters is 1. The summed E-state index contributed by atoms with van der Waals surface area (Å²) in [4.78, 5) is 16.9. The van der Waals surface area contributed by atoms with Crippen molar-refractivity contribution in [2.75, 3.05) is 20.8 Å². The molecule has 13 heteroatoms. The van der Waals surface area contributed by atoms with E-state index in [1.807, 2.05) is 0 Å². The van der Waals surface area contributed by atoms with Gasteiger partial charge in [-0.3, -0.25) is 4.79 Å². The van der Waals surface area contributed by atoms with Crippen molar-refractivity contribution in [3.8, 4) is 11.6 Å². The maximum Gasteiger partial charge on any atom is 0.453 e. The van der Waals surface area contributed by atoms with Crippen LogP contribution in [-0.4, -0.2) is 57.6 Å². The number of methoxy groups -OCH3 is 2. The Labute approximate surface area is 208 Å². The van der Waals surface area contributed by atoms with Gasteiger partial charge in [-0.25, -0.2) is 9.37 Å². The van der Waals surface area contributed by atoms with E-state index in [2.05, 4.69) is 20.5 Å². The summed E-state index contributed by atoms with van der Waals surface area (Å²) in [5.41, 5.74) is 0.522. The molecule has 1 aliphatic carbocycles. The smallest absolute Gasteiger partial charge is 0.453 e. The molecule has 1 aromatic carbocycles. The highest BCUT2D eigenvalue weighted by Gasteiger charge is 2.57. The zero-order valence-corrected chi connectivity index (χ0v) is 19.9. The van der Waals surface area contributed by atoms with Crippen LogP contribution in [0, 0.1) is 11.7 Å². The van der Waals surface area contributed by atoms with Gasteiger partial charge in [-0.15, -0.1) is 5.10 Å². The summed E-state index contributed by atoms with van der Waals surface area (Å²) in [6.07, 6.45) is -2.07. The van der Waals surface area contributed by atoms with Gasteiger partial charge < -0.3 is 14.2 Å². The molecule has 0 bridgehead atoms. The summed E-state index contributed by atoms with van der Waals surface area (Å²) in [7, 11) is 2.74. The molecule has 3 aromatic rings. The molecule has 0 amide bonds. The van der Waals surface area contributed by atoms with Gasteiger partial charge >= 0.3 is 12.1 Å². The second-order valence-electron chi connectivity index (χ2n) is 9.18. The first-order valence-corrected chi connectivity index (χ1v) is 11.5. The van der Waals surface area contributed by atoms with Crippen LogP contribution in [0.25, 0.3) is 5.69 Å². The molecule has 1 saturated heterocycles. The Morgan fingerprint density at radius 3 is 2.65 bits per heavy atom. The van der Waals surface area contributed by atoms with Crippen LogP contribution in [0.3, 0.4) is 0 Å². The van der Waals surface area contributed by atoms with Crippen molar-refractivity contribution in [1.29, 1.82) is 0 Å². The van der Waals surface area contributed by atoms with Gasteiger partial charge in [0, 0.05) is 17.4 Å². The molecular formula is C24H23F4N5O4. The van der Waals surface area contributed by atoms with Crippen molar-refractivity contribution < 1.29 is 36.6 Å². The minimum atomic E-state index is -4.76. The third kappa shape index (κ3) is 4.41. The van der Waals surface area contributed by atoms with Crippen molar-refractivity contribution in [2.24, 2.45) is 5.92 Å². The van der Waals surface area contributed by atoms with Crippen molar-refractivity contribution >= 4 is 5.97 Å². The average Bonchev–Trinajstić information content (AvgIpc) is 3.63. The van der Waals surface area contributed by atoms with Crippen LogP contribution in [0.2, 0.25) is 0 Å². The number of halogens is 4. The molecule has 4 atom stereocenters. The Kier molecular flexibility index (Phi) is 6.34. The van der Waals surface area contributed by atoms with Crippen LogP contribution in [0.4, 0.5) is 17.6 Å². The SMILES string of the molecule is COC(=O)[C@H]1CC[C@@]2(C[C@@H](c3cc(-n4nnnc4C(F)(F)F)cnc3OC)CO2)[C@@H]1c1ccc(F)cc1. The topological polar surface area (TPSA) is 101 Å². The molecule has 0 unspecified atom stereocenters. The fourth-order valence-electron chi connectivity index (χ4n) is 5.67. The van der Waals surface area contributed by atoms with E-state index in [4.69, 9.17) is 14.2 Å². The lowest BCUT2D eigenvalue weighted by Gasteiger charge is -2.33. The molecule has 3 heterocycles. The second kappa shape index (κ2) is 9.36. The lowest BCUT2D eigenvalue weighted by Crippen LogP contribution is -2.35. The van der Waals surface area contributed by atoms with E-state index in [1.54, 1.807) is 12.1 Å². The molecular weight excluding hydrogens is 498 g/mol. The van der Waals surface area contributed by atoms with E-state index in [0.29, 0.717) is 29.5 Å². The Hall–Kier alpha value is -3.61. The Morgan fingerprint density at radius 2 is 1.97 bits per heavy atom. The van der Waals surface area contributed by atoms with Crippen LogP contribution in [-0.2, 0) is 20.4 Å². The maximum absolute atomic E-state index is 13.7. The highest BCUT2D eigenvalue weighted by Crippen LogP contribution is 2.57. The number of nitrogens with zero attached hydrogens (tertiary/aromatic N) is 5. The molecule has 196 valence electrons. The van der Waals surface area contributed by atoms with Gasteiger partial charge in [0.2, 0.25) is 5.88 Å². The third-order valence-electron chi connectivity index (χ3n) is 7.21. The number of tetrazole rings is 1. The van der Waals surface area contributed by atoms with E-state index >= 15 is 0 Å². The number of hydrogen-bond acceptors (Lipinski definition) is 8. The number of ether oxygens (including phenoxy) is 3. The van der Waals surface area contributed by atoms with E-state index in [-0.39, 0.29) is 30.1 Å². The van der Waals surface area contributed by atoms with Gasteiger partial charge in [0.1, 0.15) is 5.82 Å². The number of hydrogen-bond donors (Lipinski definition) is 0. The van der Waals surface area contributed by atoms with Crippen LogP contribution in [0.5, 0.6) is 5.88 Å². The molecule has 1 saturated carbocycles. The standard InChI is InChI=1S/C24H23F4N5O4/c1-35-20-18(9-16(11-29-20)33-22(24(26,27)28)30-31-32-33)14-10-23(37-12-14)8-7-17(21(34)36-2)19(23)13-3-5-15(25)6-4-13/h3-6,9,11,14,17,19H,7-8,10,12H2,1-2H3/t14-,17+,19-,23-/m1/s1. The average molecular weight is 521 g/mol. The third-order valence-corrected chi connectivity index (χ3v) is 7.21. The maximum atomic E-state index is 13.7. The lowest BCUT2D eigenvalue weighted by molar-refractivity contribution is -0.147. The molecule has 1 spiro atoms. The first kappa shape index (κ1) is 25.1. The molecule has 0 N–H and O–H groups in total.